The average molecular weight is 787 g/mol. The molecule has 0 saturated carbocycles. The molecule has 288 valence electrons. The third-order valence-corrected chi connectivity index (χ3v) is 9.45. The molecule has 1 amide bonds. The van der Waals surface area contributed by atoms with Crippen LogP contribution >= 0.6 is 23.2 Å². The summed E-state index contributed by atoms with van der Waals surface area (Å²) in [4.78, 5) is 32.0. The highest BCUT2D eigenvalue weighted by Crippen LogP contribution is 2.43. The number of alkyl halides is 3. The fourth-order valence-corrected chi connectivity index (χ4v) is 6.56. The maximum absolute atomic E-state index is 13.7. The zero-order valence-electron chi connectivity index (χ0n) is 31.0. The van der Waals surface area contributed by atoms with Crippen LogP contribution in [0.3, 0.4) is 0 Å². The van der Waals surface area contributed by atoms with E-state index in [0.717, 1.165) is 55.0 Å². The predicted octanol–water partition coefficient (Wildman–Crippen LogP) is 8.77. The van der Waals surface area contributed by atoms with E-state index in [1.165, 1.54) is 18.8 Å². The minimum Gasteiger partial charge on any atom is -0.481 e. The molecule has 0 unspecified atom stereocenters. The summed E-state index contributed by atoms with van der Waals surface area (Å²) in [5.41, 5.74) is 3.18. The minimum atomic E-state index is -4.75. The third kappa shape index (κ3) is 9.68. The summed E-state index contributed by atoms with van der Waals surface area (Å²) in [7, 11) is 6.58. The summed E-state index contributed by atoms with van der Waals surface area (Å²) in [6.45, 7) is 5.00. The Labute approximate surface area is 322 Å². The Hall–Kier alpha value is -4.72. The van der Waals surface area contributed by atoms with Gasteiger partial charge in [-0.25, -0.2) is 14.6 Å². The van der Waals surface area contributed by atoms with E-state index in [1.807, 2.05) is 39.1 Å². The van der Waals surface area contributed by atoms with E-state index in [4.69, 9.17) is 32.9 Å². The summed E-state index contributed by atoms with van der Waals surface area (Å²) < 4.78 is 47.6. The fourth-order valence-electron chi connectivity index (χ4n) is 5.96. The third-order valence-electron chi connectivity index (χ3n) is 8.64. The molecule has 3 N–H and O–H groups in total. The van der Waals surface area contributed by atoms with Crippen LogP contribution in [0.2, 0.25) is 10.0 Å². The van der Waals surface area contributed by atoms with Crippen molar-refractivity contribution >= 4 is 51.4 Å². The molecule has 5 aromatic rings. The van der Waals surface area contributed by atoms with Gasteiger partial charge in [0.2, 0.25) is 11.8 Å². The van der Waals surface area contributed by atoms with E-state index in [0.29, 0.717) is 39.7 Å². The first-order chi connectivity index (χ1) is 25.9. The lowest BCUT2D eigenvalue weighted by Gasteiger charge is -2.17. The first-order valence-corrected chi connectivity index (χ1v) is 18.3. The summed E-state index contributed by atoms with van der Waals surface area (Å²) in [6.07, 6.45) is 1.99. The van der Waals surface area contributed by atoms with E-state index in [9.17, 15) is 22.8 Å². The van der Waals surface area contributed by atoms with Gasteiger partial charge in [-0.05, 0) is 69.5 Å². The molecule has 1 aliphatic carbocycles. The van der Waals surface area contributed by atoms with Crippen molar-refractivity contribution in [3.8, 4) is 28.3 Å². The number of nitrogens with zero attached hydrogens (tertiary/aromatic N) is 4. The number of methoxy groups -OCH3 is 1. The number of carbonyl (C=O) groups is 1. The standard InChI is InChI=1S/C30H22Cl2F3N5O2.C7H16N2O.C2H6/c1-40-29(41)24-16(14-36-40)13-23(30(33,34)35)39-27(24)37-21-11-5-9-19(26(21)32)18-8-4-10-20(25(18)31)22-12-15-6-3-7-17(15)28(38-22)42-2;1-8-6-4-3-5-7(10)9-2;1-2/h4-5,8-14H,3,6-7H2,1-2H3,(H,37,39);8H,3-6H2,1-2H3,(H,9,10);1-2H3. The van der Waals surface area contributed by atoms with Gasteiger partial charge in [-0.15, -0.1) is 0 Å². The Morgan fingerprint density at radius 3 is 2.31 bits per heavy atom. The van der Waals surface area contributed by atoms with Gasteiger partial charge in [-0.3, -0.25) is 9.59 Å². The van der Waals surface area contributed by atoms with Crippen LogP contribution in [-0.4, -0.2) is 53.4 Å². The second-order valence-corrected chi connectivity index (χ2v) is 12.8. The Morgan fingerprint density at radius 1 is 0.963 bits per heavy atom. The van der Waals surface area contributed by atoms with E-state index < -0.39 is 17.4 Å². The SMILES string of the molecule is CC.CNCCCCC(=O)NC.COc1nc(-c2cccc(-c3cccc(Nc4nc(C(F)(F)F)cc5cnn(C)c(=O)c45)c3Cl)c2Cl)cc2c1CCC2. The number of anilines is 2. The molecule has 2 aromatic carbocycles. The lowest BCUT2D eigenvalue weighted by molar-refractivity contribution is -0.141. The maximum Gasteiger partial charge on any atom is 0.433 e. The topological polar surface area (TPSA) is 123 Å². The molecule has 1 aliphatic rings. The molecule has 6 rings (SSSR count). The molecule has 0 spiro atoms. The number of carbonyl (C=O) groups excluding carboxylic acids is 1. The first kappa shape index (κ1) is 42.0. The number of pyridine rings is 2. The molecule has 54 heavy (non-hydrogen) atoms. The van der Waals surface area contributed by atoms with Crippen LogP contribution in [-0.2, 0) is 30.9 Å². The van der Waals surface area contributed by atoms with Crippen molar-refractivity contribution in [3.05, 3.63) is 91.9 Å². The van der Waals surface area contributed by atoms with Gasteiger partial charge in [0.1, 0.15) is 11.5 Å². The van der Waals surface area contributed by atoms with Gasteiger partial charge in [0.05, 0.1) is 40.1 Å². The number of rotatable bonds is 10. The van der Waals surface area contributed by atoms with Crippen LogP contribution in [0.15, 0.2) is 59.5 Å². The van der Waals surface area contributed by atoms with Crippen molar-refractivity contribution in [1.82, 2.24) is 30.4 Å². The van der Waals surface area contributed by atoms with Gasteiger partial charge in [0.15, 0.2) is 0 Å². The van der Waals surface area contributed by atoms with Crippen molar-refractivity contribution in [2.24, 2.45) is 7.05 Å². The van der Waals surface area contributed by atoms with Crippen molar-refractivity contribution in [1.29, 1.82) is 0 Å². The Balaban J connectivity index is 0.000000472. The van der Waals surface area contributed by atoms with Crippen LogP contribution < -0.4 is 26.2 Å². The number of nitrogens with one attached hydrogen (secondary N) is 3. The number of hydrogen-bond acceptors (Lipinski definition) is 8. The van der Waals surface area contributed by atoms with Crippen LogP contribution in [0.25, 0.3) is 33.2 Å². The van der Waals surface area contributed by atoms with Gasteiger partial charge in [0, 0.05) is 48.2 Å². The molecule has 0 atom stereocenters. The lowest BCUT2D eigenvalue weighted by Crippen LogP contribution is -2.21. The Kier molecular flexibility index (Phi) is 14.8. The number of aromatic nitrogens is 4. The smallest absolute Gasteiger partial charge is 0.433 e. The number of ether oxygens (including phenoxy) is 1. The number of unbranched alkanes of at least 4 members (excludes halogenated alkanes) is 1. The number of amides is 1. The molecule has 0 saturated heterocycles. The summed E-state index contributed by atoms with van der Waals surface area (Å²) in [5.74, 6) is 0.417. The summed E-state index contributed by atoms with van der Waals surface area (Å²) in [6, 6.07) is 13.3. The number of aryl methyl sites for hydroxylation is 2. The minimum absolute atomic E-state index is 0.0109. The van der Waals surface area contributed by atoms with Crippen LogP contribution in [0.1, 0.15) is 56.4 Å². The molecule has 0 aliphatic heterocycles. The lowest BCUT2D eigenvalue weighted by atomic mass is 9.99. The predicted molar refractivity (Wildman–Crippen MR) is 210 cm³/mol. The average Bonchev–Trinajstić information content (AvgIpc) is 3.65. The normalized spacial score (nSPS) is 11.9. The molecular formula is C39H44Cl2F3N7O3. The number of fused-ring (bicyclic) bond motifs is 2. The number of benzene rings is 2. The summed E-state index contributed by atoms with van der Waals surface area (Å²) >= 11 is 13.8. The van der Waals surface area contributed by atoms with E-state index in [2.05, 4.69) is 26.0 Å². The van der Waals surface area contributed by atoms with Gasteiger partial charge < -0.3 is 20.7 Å². The summed E-state index contributed by atoms with van der Waals surface area (Å²) in [5, 5.41) is 12.8. The largest absolute Gasteiger partial charge is 0.481 e. The second-order valence-electron chi connectivity index (χ2n) is 12.1. The molecule has 0 fully saturated rings. The highest BCUT2D eigenvalue weighted by atomic mass is 35.5. The van der Waals surface area contributed by atoms with Gasteiger partial charge in [0.25, 0.3) is 5.56 Å². The molecule has 3 aromatic heterocycles. The molecular weight excluding hydrogens is 742 g/mol. The van der Waals surface area contributed by atoms with Gasteiger partial charge in [-0.1, -0.05) is 67.4 Å². The van der Waals surface area contributed by atoms with E-state index >= 15 is 0 Å². The van der Waals surface area contributed by atoms with E-state index in [-0.39, 0.29) is 33.2 Å². The molecule has 0 bridgehead atoms. The fraction of sp³-hybridized carbons (Fsp3) is 0.359. The Bertz CT molecular complexity index is 2160. The molecule has 0 radical (unpaired) electrons. The second kappa shape index (κ2) is 19.0. The van der Waals surface area contributed by atoms with Crippen molar-refractivity contribution in [2.75, 3.05) is 33.1 Å². The van der Waals surface area contributed by atoms with Crippen LogP contribution in [0, 0.1) is 0 Å². The zero-order chi connectivity index (χ0) is 39.6. The van der Waals surface area contributed by atoms with E-state index in [1.54, 1.807) is 38.4 Å². The number of hydrogen-bond donors (Lipinski definition) is 3. The quantitative estimate of drug-likeness (QED) is 0.120. The van der Waals surface area contributed by atoms with Crippen LogP contribution in [0.5, 0.6) is 5.88 Å². The van der Waals surface area contributed by atoms with Gasteiger partial charge >= 0.3 is 6.18 Å². The van der Waals surface area contributed by atoms with Crippen molar-refractivity contribution < 1.29 is 22.7 Å². The Morgan fingerprint density at radius 2 is 1.65 bits per heavy atom. The number of halogens is 5. The van der Waals surface area contributed by atoms with Crippen molar-refractivity contribution in [3.63, 3.8) is 0 Å². The van der Waals surface area contributed by atoms with Gasteiger partial charge in [-0.2, -0.15) is 18.3 Å². The van der Waals surface area contributed by atoms with Crippen LogP contribution in [0.4, 0.5) is 24.7 Å². The zero-order valence-corrected chi connectivity index (χ0v) is 32.6. The van der Waals surface area contributed by atoms with Crippen molar-refractivity contribution in [2.45, 2.75) is 58.5 Å². The maximum atomic E-state index is 13.7. The molecule has 15 heteroatoms. The molecule has 10 nitrogen and oxygen atoms in total. The monoisotopic (exact) mass is 785 g/mol. The molecule has 3 heterocycles. The highest BCUT2D eigenvalue weighted by molar-refractivity contribution is 6.39. The first-order valence-electron chi connectivity index (χ1n) is 17.6. The highest BCUT2D eigenvalue weighted by Gasteiger charge is 2.34.